The van der Waals surface area contributed by atoms with E-state index in [1.807, 2.05) is 6.08 Å². The summed E-state index contributed by atoms with van der Waals surface area (Å²) in [6.45, 7) is 22.8. The first-order valence-corrected chi connectivity index (χ1v) is 15.4. The van der Waals surface area contributed by atoms with Crippen molar-refractivity contribution in [3.8, 4) is 11.8 Å². The van der Waals surface area contributed by atoms with Crippen molar-refractivity contribution in [2.75, 3.05) is 0 Å². The van der Waals surface area contributed by atoms with Gasteiger partial charge in [-0.15, -0.1) is 0 Å². The van der Waals surface area contributed by atoms with Gasteiger partial charge in [0.05, 0.1) is 0 Å². The predicted octanol–water partition coefficient (Wildman–Crippen LogP) is 12.3. The molecule has 0 spiro atoms. The van der Waals surface area contributed by atoms with Crippen LogP contribution in [0, 0.1) is 22.7 Å². The van der Waals surface area contributed by atoms with Gasteiger partial charge in [0.2, 0.25) is 0 Å². The summed E-state index contributed by atoms with van der Waals surface area (Å²) in [4.78, 5) is 0. The molecular formula is C40H56. The maximum atomic E-state index is 3.29. The van der Waals surface area contributed by atoms with Crippen LogP contribution in [0.15, 0.2) is 105 Å². The fourth-order valence-electron chi connectivity index (χ4n) is 5.92. The first-order chi connectivity index (χ1) is 18.8. The van der Waals surface area contributed by atoms with Crippen molar-refractivity contribution in [1.29, 1.82) is 0 Å². The van der Waals surface area contributed by atoms with E-state index in [2.05, 4.69) is 136 Å². The van der Waals surface area contributed by atoms with Gasteiger partial charge in [0.1, 0.15) is 0 Å². The Hall–Kier alpha value is -2.78. The molecule has 0 fully saturated rings. The monoisotopic (exact) mass is 536 g/mol. The summed E-state index contributed by atoms with van der Waals surface area (Å²) >= 11 is 0. The van der Waals surface area contributed by atoms with Crippen LogP contribution in [0.3, 0.4) is 0 Å². The number of rotatable bonds is 9. The van der Waals surface area contributed by atoms with Gasteiger partial charge in [0, 0.05) is 6.42 Å². The minimum atomic E-state index is 0.288. The molecule has 2 aliphatic carbocycles. The maximum absolute atomic E-state index is 3.29. The van der Waals surface area contributed by atoms with Crippen molar-refractivity contribution in [3.05, 3.63) is 105 Å². The van der Waals surface area contributed by atoms with Gasteiger partial charge in [-0.3, -0.25) is 0 Å². The molecule has 216 valence electrons. The highest BCUT2D eigenvalue weighted by Gasteiger charge is 2.27. The SMILES string of the molecule is CC1=C(/C=C/C(C)=C/C=C/C(C)=C/C#CC/C(C)=C/C=C/C(C)=C/CC2=C(C)CCCC2(C)C)C(C)(C)CCC1. The highest BCUT2D eigenvalue weighted by Crippen LogP contribution is 2.42. The van der Waals surface area contributed by atoms with Crippen molar-refractivity contribution in [3.63, 3.8) is 0 Å². The van der Waals surface area contributed by atoms with Crippen molar-refractivity contribution >= 4 is 0 Å². The zero-order valence-corrected chi connectivity index (χ0v) is 27.4. The van der Waals surface area contributed by atoms with Crippen LogP contribution in [0.5, 0.6) is 0 Å². The van der Waals surface area contributed by atoms with Gasteiger partial charge in [-0.2, -0.15) is 0 Å². The second kappa shape index (κ2) is 15.9. The van der Waals surface area contributed by atoms with E-state index in [4.69, 9.17) is 0 Å². The quantitative estimate of drug-likeness (QED) is 0.156. The molecule has 0 aromatic rings. The number of hydrogen-bond acceptors (Lipinski definition) is 0. The van der Waals surface area contributed by atoms with Crippen LogP contribution in [0.4, 0.5) is 0 Å². The highest BCUT2D eigenvalue weighted by atomic mass is 14.3. The Morgan fingerprint density at radius 2 is 1.38 bits per heavy atom. The van der Waals surface area contributed by atoms with Crippen molar-refractivity contribution in [2.24, 2.45) is 10.8 Å². The minimum absolute atomic E-state index is 0.288. The second-order valence-electron chi connectivity index (χ2n) is 13.4. The van der Waals surface area contributed by atoms with Gasteiger partial charge in [0.15, 0.2) is 0 Å². The van der Waals surface area contributed by atoms with Crippen LogP contribution in [-0.2, 0) is 0 Å². The van der Waals surface area contributed by atoms with Gasteiger partial charge in [0.25, 0.3) is 0 Å². The fourth-order valence-corrected chi connectivity index (χ4v) is 5.92. The van der Waals surface area contributed by atoms with Gasteiger partial charge in [-0.1, -0.05) is 128 Å². The molecule has 0 unspecified atom stereocenters. The Kier molecular flexibility index (Phi) is 13.3. The molecule has 0 aromatic heterocycles. The van der Waals surface area contributed by atoms with E-state index in [-0.39, 0.29) is 5.41 Å². The third-order valence-electron chi connectivity index (χ3n) is 8.60. The largest absolute Gasteiger partial charge is 0.0941 e. The summed E-state index contributed by atoms with van der Waals surface area (Å²) in [5.74, 6) is 6.51. The van der Waals surface area contributed by atoms with E-state index in [0.29, 0.717) is 5.41 Å². The lowest BCUT2D eigenvalue weighted by atomic mass is 9.71. The Morgan fingerprint density at radius 1 is 0.750 bits per heavy atom. The number of hydrogen-bond donors (Lipinski definition) is 0. The molecular weight excluding hydrogens is 480 g/mol. The highest BCUT2D eigenvalue weighted by molar-refractivity contribution is 5.38. The minimum Gasteiger partial charge on any atom is -0.0941 e. The summed E-state index contributed by atoms with van der Waals surface area (Å²) in [6, 6.07) is 0. The topological polar surface area (TPSA) is 0 Å². The van der Waals surface area contributed by atoms with Crippen LogP contribution < -0.4 is 0 Å². The molecule has 40 heavy (non-hydrogen) atoms. The van der Waals surface area contributed by atoms with E-state index in [1.54, 1.807) is 16.7 Å². The lowest BCUT2D eigenvalue weighted by Gasteiger charge is -2.34. The van der Waals surface area contributed by atoms with Crippen LogP contribution >= 0.6 is 0 Å². The average Bonchev–Trinajstić information content (AvgIpc) is 2.85. The molecule has 0 heterocycles. The molecule has 0 nitrogen and oxygen atoms in total. The molecule has 0 bridgehead atoms. The van der Waals surface area contributed by atoms with E-state index in [9.17, 15) is 0 Å². The Balaban J connectivity index is 1.85. The first kappa shape index (κ1) is 33.4. The van der Waals surface area contributed by atoms with Crippen LogP contribution in [0.25, 0.3) is 0 Å². The third kappa shape index (κ3) is 11.4. The summed E-state index contributed by atoms with van der Waals surface area (Å²) in [7, 11) is 0. The predicted molar refractivity (Wildman–Crippen MR) is 180 cm³/mol. The zero-order chi connectivity index (χ0) is 29.8. The van der Waals surface area contributed by atoms with Gasteiger partial charge in [-0.25, -0.2) is 0 Å². The maximum Gasteiger partial charge on any atom is 0.0303 e. The van der Waals surface area contributed by atoms with Crippen molar-refractivity contribution in [2.45, 2.75) is 121 Å². The molecule has 0 amide bonds. The van der Waals surface area contributed by atoms with Gasteiger partial charge < -0.3 is 0 Å². The second-order valence-corrected chi connectivity index (χ2v) is 13.4. The van der Waals surface area contributed by atoms with Crippen molar-refractivity contribution in [1.82, 2.24) is 0 Å². The Morgan fingerprint density at radius 3 is 2.05 bits per heavy atom. The van der Waals surface area contributed by atoms with Crippen molar-refractivity contribution < 1.29 is 0 Å². The molecule has 2 rings (SSSR count). The van der Waals surface area contributed by atoms with E-state index < -0.39 is 0 Å². The Labute approximate surface area is 248 Å². The summed E-state index contributed by atoms with van der Waals surface area (Å²) in [5, 5.41) is 0. The molecule has 0 aliphatic heterocycles. The standard InChI is InChI=1S/C40H56/c1-31(19-13-21-33(3)25-27-37-35(5)23-15-29-39(37,7)8)17-11-12-18-32(2)20-14-22-34(4)26-28-38-36(6)24-16-30-40(38,9)10/h13-14,17,19-22,25-27H,15-16,18,23-24,28-30H2,1-10H3/b19-13+,22-14+,27-25+,31-17+,32-20+,33-21+,34-26+. The molecule has 0 atom stereocenters. The average molecular weight is 537 g/mol. The van der Waals surface area contributed by atoms with Crippen LogP contribution in [-0.4, -0.2) is 0 Å². The smallest absolute Gasteiger partial charge is 0.0303 e. The van der Waals surface area contributed by atoms with Crippen LogP contribution in [0.1, 0.15) is 121 Å². The van der Waals surface area contributed by atoms with Gasteiger partial charge >= 0.3 is 0 Å². The molecule has 0 radical (unpaired) electrons. The molecule has 0 N–H and O–H groups in total. The van der Waals surface area contributed by atoms with Crippen LogP contribution in [0.2, 0.25) is 0 Å². The first-order valence-electron chi connectivity index (χ1n) is 15.4. The summed E-state index contributed by atoms with van der Waals surface area (Å²) in [6.07, 6.45) is 31.6. The van der Waals surface area contributed by atoms with E-state index >= 15 is 0 Å². The zero-order valence-electron chi connectivity index (χ0n) is 27.4. The lowest BCUT2D eigenvalue weighted by Crippen LogP contribution is -2.20. The third-order valence-corrected chi connectivity index (χ3v) is 8.60. The van der Waals surface area contributed by atoms with E-state index in [1.165, 1.54) is 66.4 Å². The number of allylic oxidation sites excluding steroid dienone is 18. The Bertz CT molecular complexity index is 1220. The van der Waals surface area contributed by atoms with E-state index in [0.717, 1.165) is 12.8 Å². The molecule has 0 heteroatoms. The van der Waals surface area contributed by atoms with Gasteiger partial charge in [-0.05, 0) is 115 Å². The molecule has 2 aliphatic rings. The summed E-state index contributed by atoms with van der Waals surface area (Å²) in [5.41, 5.74) is 12.0. The summed E-state index contributed by atoms with van der Waals surface area (Å²) < 4.78 is 0. The normalized spacial score (nSPS) is 21.1. The lowest BCUT2D eigenvalue weighted by molar-refractivity contribution is 0.360. The molecule has 0 saturated carbocycles. The molecule has 0 aromatic carbocycles. The fraction of sp³-hybridized carbons (Fsp3) is 0.500. The molecule has 0 saturated heterocycles.